The minimum Gasteiger partial charge on any atom is -0.479 e. The first-order chi connectivity index (χ1) is 8.61. The van der Waals surface area contributed by atoms with Crippen LogP contribution in [0.2, 0.25) is 5.02 Å². The Morgan fingerprint density at radius 3 is 2.78 bits per heavy atom. The normalized spacial score (nSPS) is 17.6. The number of hydrogen-bond donors (Lipinski definition) is 2. The van der Waals surface area contributed by atoms with E-state index >= 15 is 0 Å². The molecule has 1 amide bonds. The van der Waals surface area contributed by atoms with Gasteiger partial charge in [-0.05, 0) is 6.07 Å². The summed E-state index contributed by atoms with van der Waals surface area (Å²) in [6, 6.07) is 5.68. The van der Waals surface area contributed by atoms with Gasteiger partial charge >= 0.3 is 5.97 Å². The summed E-state index contributed by atoms with van der Waals surface area (Å²) in [4.78, 5) is 24.6. The minimum absolute atomic E-state index is 0.161. The van der Waals surface area contributed by atoms with E-state index in [4.69, 9.17) is 11.6 Å². The van der Waals surface area contributed by atoms with E-state index in [-0.39, 0.29) is 12.5 Å². The van der Waals surface area contributed by atoms with E-state index in [1.165, 1.54) is 4.90 Å². The molecule has 5 nitrogen and oxygen atoms in total. The van der Waals surface area contributed by atoms with Crippen molar-refractivity contribution in [2.75, 3.05) is 19.6 Å². The average molecular weight is 269 g/mol. The number of carboxylic acids is 1. The van der Waals surface area contributed by atoms with Crippen LogP contribution < -0.4 is 5.32 Å². The van der Waals surface area contributed by atoms with Gasteiger partial charge in [0, 0.05) is 23.7 Å². The third-order valence-corrected chi connectivity index (χ3v) is 3.22. The van der Waals surface area contributed by atoms with Gasteiger partial charge in [-0.15, -0.1) is 0 Å². The van der Waals surface area contributed by atoms with Crippen molar-refractivity contribution in [3.05, 3.63) is 34.9 Å². The molecular formula is C12H13ClN2O3. The molecule has 2 N–H and O–H groups in total. The lowest BCUT2D eigenvalue weighted by molar-refractivity contribution is -0.151. The molecule has 1 aliphatic heterocycles. The maximum absolute atomic E-state index is 11.8. The second kappa shape index (κ2) is 5.37. The van der Waals surface area contributed by atoms with Crippen molar-refractivity contribution in [1.82, 2.24) is 10.2 Å². The maximum atomic E-state index is 11.8. The predicted molar refractivity (Wildman–Crippen MR) is 66.4 cm³/mol. The average Bonchev–Trinajstić information content (AvgIpc) is 2.34. The number of benzene rings is 1. The highest BCUT2D eigenvalue weighted by atomic mass is 35.5. The van der Waals surface area contributed by atoms with Crippen molar-refractivity contribution >= 4 is 23.5 Å². The van der Waals surface area contributed by atoms with Gasteiger partial charge in [0.2, 0.25) is 5.91 Å². The van der Waals surface area contributed by atoms with Crippen LogP contribution in [0.4, 0.5) is 0 Å². The highest BCUT2D eigenvalue weighted by molar-refractivity contribution is 6.31. The lowest BCUT2D eigenvalue weighted by Gasteiger charge is -2.33. The second-order valence-corrected chi connectivity index (χ2v) is 4.43. The summed E-state index contributed by atoms with van der Waals surface area (Å²) in [5.74, 6) is -1.30. The van der Waals surface area contributed by atoms with Crippen LogP contribution >= 0.6 is 11.6 Å². The monoisotopic (exact) mass is 268 g/mol. The number of amides is 1. The van der Waals surface area contributed by atoms with Crippen molar-refractivity contribution in [1.29, 1.82) is 0 Å². The summed E-state index contributed by atoms with van der Waals surface area (Å²) in [6.07, 6.45) is 0. The number of piperazine rings is 1. The number of aliphatic carboxylic acids is 1. The van der Waals surface area contributed by atoms with Crippen LogP contribution in [-0.2, 0) is 9.59 Å². The van der Waals surface area contributed by atoms with E-state index in [0.29, 0.717) is 23.7 Å². The van der Waals surface area contributed by atoms with E-state index in [9.17, 15) is 14.7 Å². The fourth-order valence-electron chi connectivity index (χ4n) is 2.03. The fourth-order valence-corrected chi connectivity index (χ4v) is 2.26. The van der Waals surface area contributed by atoms with Crippen LogP contribution in [0.25, 0.3) is 0 Å². The molecule has 0 spiro atoms. The Kier molecular flexibility index (Phi) is 3.84. The molecule has 1 fully saturated rings. The van der Waals surface area contributed by atoms with Gasteiger partial charge in [0.15, 0.2) is 6.04 Å². The zero-order valence-electron chi connectivity index (χ0n) is 9.60. The number of nitrogens with one attached hydrogen (secondary N) is 1. The molecule has 96 valence electrons. The van der Waals surface area contributed by atoms with Gasteiger partial charge in [-0.3, -0.25) is 4.79 Å². The van der Waals surface area contributed by atoms with Crippen LogP contribution in [0.15, 0.2) is 24.3 Å². The Bertz CT molecular complexity index is 478. The zero-order valence-corrected chi connectivity index (χ0v) is 10.4. The second-order valence-electron chi connectivity index (χ2n) is 4.03. The lowest BCUT2D eigenvalue weighted by atomic mass is 10.0. The Labute approximate surface area is 109 Å². The summed E-state index contributed by atoms with van der Waals surface area (Å²) in [5.41, 5.74) is 0.446. The summed E-state index contributed by atoms with van der Waals surface area (Å²) < 4.78 is 0. The van der Waals surface area contributed by atoms with E-state index in [0.717, 1.165) is 0 Å². The molecule has 1 aromatic rings. The first kappa shape index (κ1) is 12.9. The lowest BCUT2D eigenvalue weighted by Crippen LogP contribution is -2.51. The molecule has 0 bridgehead atoms. The Morgan fingerprint density at radius 2 is 2.17 bits per heavy atom. The Hall–Kier alpha value is -1.59. The standard InChI is InChI=1S/C12H13ClN2O3/c13-9-4-2-1-3-8(9)11(12(17)18)15-6-5-14-7-10(15)16/h1-4,11,14H,5-7H2,(H,17,18). The highest BCUT2D eigenvalue weighted by Crippen LogP contribution is 2.28. The van der Waals surface area contributed by atoms with Crippen LogP contribution in [0.5, 0.6) is 0 Å². The summed E-state index contributed by atoms with van der Waals surface area (Å²) in [6.45, 7) is 1.11. The molecule has 1 aromatic carbocycles. The molecular weight excluding hydrogens is 256 g/mol. The summed E-state index contributed by atoms with van der Waals surface area (Å²) in [7, 11) is 0. The van der Waals surface area contributed by atoms with Crippen LogP contribution in [0.1, 0.15) is 11.6 Å². The van der Waals surface area contributed by atoms with E-state index in [2.05, 4.69) is 5.32 Å². The third kappa shape index (κ3) is 2.47. The molecule has 6 heteroatoms. The molecule has 1 heterocycles. The largest absolute Gasteiger partial charge is 0.479 e. The van der Waals surface area contributed by atoms with Gasteiger partial charge in [-0.2, -0.15) is 0 Å². The predicted octanol–water partition coefficient (Wildman–Crippen LogP) is 0.897. The first-order valence-electron chi connectivity index (χ1n) is 5.58. The molecule has 1 unspecified atom stereocenters. The van der Waals surface area contributed by atoms with Crippen molar-refractivity contribution in [3.63, 3.8) is 0 Å². The van der Waals surface area contributed by atoms with Gasteiger partial charge in [0.05, 0.1) is 6.54 Å². The summed E-state index contributed by atoms with van der Waals surface area (Å²) >= 11 is 6.01. The first-order valence-corrected chi connectivity index (χ1v) is 5.96. The summed E-state index contributed by atoms with van der Waals surface area (Å²) in [5, 5.41) is 12.6. The Morgan fingerprint density at radius 1 is 1.44 bits per heavy atom. The molecule has 0 saturated carbocycles. The molecule has 2 rings (SSSR count). The van der Waals surface area contributed by atoms with Crippen molar-refractivity contribution < 1.29 is 14.7 Å². The minimum atomic E-state index is -1.07. The fraction of sp³-hybridized carbons (Fsp3) is 0.333. The van der Waals surface area contributed by atoms with Crippen LogP contribution in [-0.4, -0.2) is 41.5 Å². The van der Waals surface area contributed by atoms with Crippen LogP contribution in [0.3, 0.4) is 0 Å². The number of nitrogens with zero attached hydrogens (tertiary/aromatic N) is 1. The maximum Gasteiger partial charge on any atom is 0.331 e. The Balaban J connectivity index is 2.37. The molecule has 1 atom stereocenters. The SMILES string of the molecule is O=C(O)C(c1ccccc1Cl)N1CCNCC1=O. The number of rotatable bonds is 3. The molecule has 1 aliphatic rings. The highest BCUT2D eigenvalue weighted by Gasteiger charge is 2.33. The third-order valence-electron chi connectivity index (χ3n) is 2.87. The quantitative estimate of drug-likeness (QED) is 0.855. The van der Waals surface area contributed by atoms with Gasteiger partial charge < -0.3 is 15.3 Å². The molecule has 0 radical (unpaired) electrons. The number of hydrogen-bond acceptors (Lipinski definition) is 3. The van der Waals surface area contributed by atoms with Crippen LogP contribution in [0, 0.1) is 0 Å². The number of carbonyl (C=O) groups excluding carboxylic acids is 1. The van der Waals surface area contributed by atoms with Gasteiger partial charge in [0.25, 0.3) is 0 Å². The van der Waals surface area contributed by atoms with E-state index in [1.807, 2.05) is 0 Å². The smallest absolute Gasteiger partial charge is 0.331 e. The number of carboxylic acid groups (broad SMARTS) is 1. The van der Waals surface area contributed by atoms with Gasteiger partial charge in [-0.1, -0.05) is 29.8 Å². The van der Waals surface area contributed by atoms with Crippen molar-refractivity contribution in [3.8, 4) is 0 Å². The molecule has 0 aliphatic carbocycles. The number of carbonyl (C=O) groups is 2. The van der Waals surface area contributed by atoms with Crippen molar-refractivity contribution in [2.24, 2.45) is 0 Å². The molecule has 18 heavy (non-hydrogen) atoms. The zero-order chi connectivity index (χ0) is 13.1. The number of halogens is 1. The molecule has 0 aromatic heterocycles. The molecule has 1 saturated heterocycles. The van der Waals surface area contributed by atoms with Crippen molar-refractivity contribution in [2.45, 2.75) is 6.04 Å². The van der Waals surface area contributed by atoms with E-state index < -0.39 is 12.0 Å². The van der Waals surface area contributed by atoms with E-state index in [1.54, 1.807) is 24.3 Å². The topological polar surface area (TPSA) is 69.6 Å². The van der Waals surface area contributed by atoms with Gasteiger partial charge in [0.1, 0.15) is 0 Å². The van der Waals surface area contributed by atoms with Gasteiger partial charge in [-0.25, -0.2) is 4.79 Å².